The quantitative estimate of drug-likeness (QED) is 0.380. The van der Waals surface area contributed by atoms with Gasteiger partial charge in [0.2, 0.25) is 0 Å². The lowest BCUT2D eigenvalue weighted by Gasteiger charge is -2.15. The molecule has 0 bridgehead atoms. The molecule has 0 saturated heterocycles. The number of benzene rings is 3. The van der Waals surface area contributed by atoms with Gasteiger partial charge < -0.3 is 0 Å². The maximum Gasteiger partial charge on any atom is 0.419 e. The predicted molar refractivity (Wildman–Crippen MR) is 111 cm³/mol. The molecule has 0 aliphatic carbocycles. The maximum absolute atomic E-state index is 14.9. The van der Waals surface area contributed by atoms with Crippen LogP contribution < -0.4 is 0 Å². The first-order valence-electron chi connectivity index (χ1n) is 9.61. The van der Waals surface area contributed by atoms with E-state index in [9.17, 15) is 17.6 Å². The highest BCUT2D eigenvalue weighted by Gasteiger charge is 2.37. The van der Waals surface area contributed by atoms with Gasteiger partial charge >= 0.3 is 6.18 Å². The van der Waals surface area contributed by atoms with Crippen LogP contribution in [0.1, 0.15) is 37.0 Å². The van der Waals surface area contributed by atoms with Crippen LogP contribution in [-0.4, -0.2) is 0 Å². The van der Waals surface area contributed by atoms with Gasteiger partial charge in [-0.25, -0.2) is 4.39 Å². The van der Waals surface area contributed by atoms with Crippen molar-refractivity contribution in [1.29, 1.82) is 0 Å². The number of halogens is 4. The Labute approximate surface area is 168 Å². The van der Waals surface area contributed by atoms with E-state index in [0.717, 1.165) is 17.5 Å². The molecule has 0 saturated carbocycles. The average Bonchev–Trinajstić information content (AvgIpc) is 2.71. The third-order valence-electron chi connectivity index (χ3n) is 4.88. The highest BCUT2D eigenvalue weighted by Crippen LogP contribution is 2.39. The summed E-state index contributed by atoms with van der Waals surface area (Å²) in [5, 5.41) is 0. The highest BCUT2D eigenvalue weighted by atomic mass is 19.4. The summed E-state index contributed by atoms with van der Waals surface area (Å²) in [6, 6.07) is 17.7. The Morgan fingerprint density at radius 3 is 1.83 bits per heavy atom. The van der Waals surface area contributed by atoms with E-state index in [-0.39, 0.29) is 11.1 Å². The fourth-order valence-corrected chi connectivity index (χ4v) is 3.26. The molecule has 0 unspecified atom stereocenters. The molecule has 0 fully saturated rings. The lowest BCUT2D eigenvalue weighted by Crippen LogP contribution is -2.11. The minimum atomic E-state index is -4.77. The van der Waals surface area contributed by atoms with Gasteiger partial charge in [0, 0.05) is 5.56 Å². The smallest absolute Gasteiger partial charge is 0.206 e. The fraction of sp³-hybridized carbons (Fsp3) is 0.200. The molecule has 3 aromatic rings. The molecule has 3 aromatic carbocycles. The third-order valence-corrected chi connectivity index (χ3v) is 4.88. The number of hydrogen-bond acceptors (Lipinski definition) is 0. The Balaban J connectivity index is 2.01. The van der Waals surface area contributed by atoms with E-state index in [4.69, 9.17) is 0 Å². The topological polar surface area (TPSA) is 0 Å². The molecule has 150 valence electrons. The van der Waals surface area contributed by atoms with Crippen LogP contribution in [0.4, 0.5) is 17.6 Å². The molecule has 0 radical (unpaired) electrons. The zero-order valence-electron chi connectivity index (χ0n) is 16.4. The third kappa shape index (κ3) is 4.58. The van der Waals surface area contributed by atoms with Gasteiger partial charge in [0.25, 0.3) is 0 Å². The van der Waals surface area contributed by atoms with E-state index in [1.165, 1.54) is 23.8 Å². The lowest BCUT2D eigenvalue weighted by molar-refractivity contribution is -0.140. The SMILES string of the molecule is CCC=Cc1ccc(-c2ccc(-c3ccc(CC)cc3)cc2)c(F)c1C(F)(F)F. The standard InChI is InChI=1S/C25H22F4/c1-3-5-6-21-15-16-22(24(26)23(21)25(27,28)29)20-13-11-19(12-14-20)18-9-7-17(4-2)8-10-18/h5-16H,3-4H2,1-2H3. The summed E-state index contributed by atoms with van der Waals surface area (Å²) in [6.07, 6.45) is -0.347. The normalized spacial score (nSPS) is 11.9. The van der Waals surface area contributed by atoms with Gasteiger partial charge in [-0.2, -0.15) is 13.2 Å². The molecule has 0 aliphatic rings. The number of aryl methyl sites for hydroxylation is 1. The number of rotatable bonds is 5. The largest absolute Gasteiger partial charge is 0.419 e. The molecule has 0 aliphatic heterocycles. The molecular formula is C25H22F4. The molecule has 0 aromatic heterocycles. The van der Waals surface area contributed by atoms with Crippen LogP contribution in [0.3, 0.4) is 0 Å². The lowest BCUT2D eigenvalue weighted by atomic mass is 9.95. The van der Waals surface area contributed by atoms with E-state index in [0.29, 0.717) is 12.0 Å². The van der Waals surface area contributed by atoms with E-state index in [1.54, 1.807) is 30.3 Å². The van der Waals surface area contributed by atoms with Crippen molar-refractivity contribution in [2.75, 3.05) is 0 Å². The van der Waals surface area contributed by atoms with Gasteiger partial charge in [-0.1, -0.05) is 86.7 Å². The van der Waals surface area contributed by atoms with Gasteiger partial charge in [0.05, 0.1) is 5.56 Å². The van der Waals surface area contributed by atoms with Crippen molar-refractivity contribution in [2.45, 2.75) is 32.9 Å². The molecular weight excluding hydrogens is 376 g/mol. The molecule has 0 N–H and O–H groups in total. The monoisotopic (exact) mass is 398 g/mol. The molecule has 3 rings (SSSR count). The van der Waals surface area contributed by atoms with Crippen LogP contribution >= 0.6 is 0 Å². The first-order chi connectivity index (χ1) is 13.8. The Bertz CT molecular complexity index is 995. The van der Waals surface area contributed by atoms with Crippen molar-refractivity contribution >= 4 is 6.08 Å². The van der Waals surface area contributed by atoms with Crippen LogP contribution in [0, 0.1) is 5.82 Å². The van der Waals surface area contributed by atoms with Crippen molar-refractivity contribution in [3.8, 4) is 22.3 Å². The summed E-state index contributed by atoms with van der Waals surface area (Å²) in [4.78, 5) is 0. The highest BCUT2D eigenvalue weighted by molar-refractivity contribution is 5.73. The predicted octanol–water partition coefficient (Wildman–Crippen LogP) is 8.16. The van der Waals surface area contributed by atoms with Crippen molar-refractivity contribution < 1.29 is 17.6 Å². The second-order valence-electron chi connectivity index (χ2n) is 6.83. The fourth-order valence-electron chi connectivity index (χ4n) is 3.26. The molecule has 0 heterocycles. The minimum Gasteiger partial charge on any atom is -0.206 e. The Kier molecular flexibility index (Phi) is 6.21. The number of alkyl halides is 3. The summed E-state index contributed by atoms with van der Waals surface area (Å²) in [7, 11) is 0. The van der Waals surface area contributed by atoms with Gasteiger partial charge in [0.15, 0.2) is 0 Å². The zero-order valence-corrected chi connectivity index (χ0v) is 16.4. The molecule has 0 atom stereocenters. The maximum atomic E-state index is 14.9. The Morgan fingerprint density at radius 2 is 1.31 bits per heavy atom. The Morgan fingerprint density at radius 1 is 0.759 bits per heavy atom. The van der Waals surface area contributed by atoms with Crippen LogP contribution in [0.15, 0.2) is 66.7 Å². The Hall–Kier alpha value is -2.88. The van der Waals surface area contributed by atoms with E-state index >= 15 is 0 Å². The summed E-state index contributed by atoms with van der Waals surface area (Å²) in [5.41, 5.74) is 2.13. The summed E-state index contributed by atoms with van der Waals surface area (Å²) in [6.45, 7) is 3.89. The average molecular weight is 398 g/mol. The first-order valence-corrected chi connectivity index (χ1v) is 9.61. The summed E-state index contributed by atoms with van der Waals surface area (Å²) in [5.74, 6) is -1.24. The van der Waals surface area contributed by atoms with Crippen LogP contribution in [-0.2, 0) is 12.6 Å². The van der Waals surface area contributed by atoms with E-state index in [2.05, 4.69) is 6.92 Å². The number of hydrogen-bond donors (Lipinski definition) is 0. The van der Waals surface area contributed by atoms with Crippen LogP contribution in [0.5, 0.6) is 0 Å². The van der Waals surface area contributed by atoms with Crippen LogP contribution in [0.2, 0.25) is 0 Å². The first kappa shape index (κ1) is 20.8. The van der Waals surface area contributed by atoms with Gasteiger partial charge in [-0.15, -0.1) is 0 Å². The zero-order chi connectivity index (χ0) is 21.0. The van der Waals surface area contributed by atoms with E-state index < -0.39 is 17.6 Å². The minimum absolute atomic E-state index is 0.0566. The second kappa shape index (κ2) is 8.64. The van der Waals surface area contributed by atoms with Crippen molar-refractivity contribution in [1.82, 2.24) is 0 Å². The van der Waals surface area contributed by atoms with Gasteiger partial charge in [-0.3, -0.25) is 0 Å². The molecule has 0 amide bonds. The van der Waals surface area contributed by atoms with Gasteiger partial charge in [0.1, 0.15) is 5.82 Å². The van der Waals surface area contributed by atoms with Crippen molar-refractivity contribution in [2.24, 2.45) is 0 Å². The van der Waals surface area contributed by atoms with E-state index in [1.807, 2.05) is 31.2 Å². The summed E-state index contributed by atoms with van der Waals surface area (Å²) < 4.78 is 55.4. The van der Waals surface area contributed by atoms with Crippen molar-refractivity contribution in [3.63, 3.8) is 0 Å². The molecule has 0 spiro atoms. The number of allylic oxidation sites excluding steroid dienone is 1. The van der Waals surface area contributed by atoms with Crippen molar-refractivity contribution in [3.05, 3.63) is 89.2 Å². The summed E-state index contributed by atoms with van der Waals surface area (Å²) >= 11 is 0. The molecule has 4 heteroatoms. The second-order valence-corrected chi connectivity index (χ2v) is 6.83. The molecule has 29 heavy (non-hydrogen) atoms. The van der Waals surface area contributed by atoms with Crippen LogP contribution in [0.25, 0.3) is 28.3 Å². The molecule has 0 nitrogen and oxygen atoms in total. The van der Waals surface area contributed by atoms with Gasteiger partial charge in [-0.05, 0) is 40.7 Å².